The quantitative estimate of drug-likeness (QED) is 0.755. The molecule has 0 saturated carbocycles. The highest BCUT2D eigenvalue weighted by Gasteiger charge is 2.08. The molecule has 0 aliphatic carbocycles. The Bertz CT molecular complexity index is 656. The summed E-state index contributed by atoms with van der Waals surface area (Å²) in [6.07, 6.45) is 3.41. The first-order valence-corrected chi connectivity index (χ1v) is 6.88. The number of nitrogens with one attached hydrogen (secondary N) is 1. The number of aromatic amines is 1. The third-order valence-corrected chi connectivity index (χ3v) is 3.93. The second-order valence-electron chi connectivity index (χ2n) is 4.22. The third-order valence-electron chi connectivity index (χ3n) is 2.97. The Labute approximate surface area is 109 Å². The molecule has 4 heteroatoms. The molecule has 92 valence electrons. The van der Waals surface area contributed by atoms with Crippen LogP contribution >= 0.6 is 11.3 Å². The standard InChI is InChI=1S/C14H14N2OS/c17-7-3-6-14-15-8-12(16-14)11-9-18-13-5-2-1-4-10(11)13/h1-2,4-5,8-9,17H,3,6-7H2,(H,15,16). The van der Waals surface area contributed by atoms with E-state index in [1.165, 1.54) is 15.6 Å². The zero-order chi connectivity index (χ0) is 12.4. The van der Waals surface area contributed by atoms with Crippen LogP contribution in [-0.2, 0) is 6.42 Å². The molecule has 3 rings (SSSR count). The number of fused-ring (bicyclic) bond motifs is 1. The Morgan fingerprint density at radius 2 is 2.17 bits per heavy atom. The van der Waals surface area contributed by atoms with Gasteiger partial charge in [0.15, 0.2) is 0 Å². The minimum atomic E-state index is 0.206. The molecule has 2 aromatic heterocycles. The van der Waals surface area contributed by atoms with Gasteiger partial charge in [-0.25, -0.2) is 4.98 Å². The van der Waals surface area contributed by atoms with Crippen LogP contribution in [0.4, 0.5) is 0 Å². The predicted octanol–water partition coefficient (Wildman–Crippen LogP) is 3.22. The van der Waals surface area contributed by atoms with Gasteiger partial charge in [-0.1, -0.05) is 18.2 Å². The van der Waals surface area contributed by atoms with Crippen LogP contribution in [0.5, 0.6) is 0 Å². The molecule has 0 unspecified atom stereocenters. The van der Waals surface area contributed by atoms with E-state index in [9.17, 15) is 0 Å². The molecule has 0 aliphatic heterocycles. The zero-order valence-corrected chi connectivity index (χ0v) is 10.7. The first kappa shape index (κ1) is 11.4. The van der Waals surface area contributed by atoms with Crippen LogP contribution < -0.4 is 0 Å². The number of imidazole rings is 1. The summed E-state index contributed by atoms with van der Waals surface area (Å²) in [5.41, 5.74) is 2.26. The van der Waals surface area contributed by atoms with Gasteiger partial charge in [0, 0.05) is 34.1 Å². The molecule has 18 heavy (non-hydrogen) atoms. The zero-order valence-electron chi connectivity index (χ0n) is 9.89. The lowest BCUT2D eigenvalue weighted by Gasteiger charge is -1.96. The second kappa shape index (κ2) is 4.92. The molecule has 2 N–H and O–H groups in total. The molecule has 3 aromatic rings. The number of benzene rings is 1. The summed E-state index contributed by atoms with van der Waals surface area (Å²) in [6.45, 7) is 0.206. The van der Waals surface area contributed by atoms with Crippen LogP contribution in [0, 0.1) is 0 Å². The number of aryl methyl sites for hydroxylation is 1. The molecule has 0 aliphatic rings. The minimum absolute atomic E-state index is 0.206. The number of aliphatic hydroxyl groups is 1. The topological polar surface area (TPSA) is 48.9 Å². The van der Waals surface area contributed by atoms with Gasteiger partial charge in [0.1, 0.15) is 5.82 Å². The maximum absolute atomic E-state index is 8.82. The number of aliphatic hydroxyl groups excluding tert-OH is 1. The molecule has 3 nitrogen and oxygen atoms in total. The molecule has 0 fully saturated rings. The molecule has 0 spiro atoms. The molecule has 2 heterocycles. The number of nitrogens with zero attached hydrogens (tertiary/aromatic N) is 1. The summed E-state index contributed by atoms with van der Waals surface area (Å²) < 4.78 is 1.29. The molecule has 0 radical (unpaired) electrons. The van der Waals surface area contributed by atoms with Gasteiger partial charge < -0.3 is 10.1 Å². The van der Waals surface area contributed by atoms with Gasteiger partial charge in [0.25, 0.3) is 0 Å². The van der Waals surface area contributed by atoms with Gasteiger partial charge in [0.2, 0.25) is 0 Å². The predicted molar refractivity (Wildman–Crippen MR) is 74.8 cm³/mol. The van der Waals surface area contributed by atoms with Crippen molar-refractivity contribution in [2.45, 2.75) is 12.8 Å². The molecule has 1 aromatic carbocycles. The first-order valence-electron chi connectivity index (χ1n) is 6.00. The maximum atomic E-state index is 8.82. The summed E-state index contributed by atoms with van der Waals surface area (Å²) >= 11 is 1.75. The number of aromatic nitrogens is 2. The molecule has 0 atom stereocenters. The summed E-state index contributed by atoms with van der Waals surface area (Å²) in [4.78, 5) is 7.68. The Morgan fingerprint density at radius 3 is 3.06 bits per heavy atom. The molecular weight excluding hydrogens is 244 g/mol. The fourth-order valence-electron chi connectivity index (χ4n) is 2.06. The van der Waals surface area contributed by atoms with Crippen LogP contribution in [0.15, 0.2) is 35.8 Å². The SMILES string of the molecule is OCCCc1ncc(-c2csc3ccccc23)[nH]1. The van der Waals surface area contributed by atoms with Crippen LogP contribution in [0.1, 0.15) is 12.2 Å². The van der Waals surface area contributed by atoms with Crippen molar-refractivity contribution in [2.24, 2.45) is 0 Å². The van der Waals surface area contributed by atoms with Gasteiger partial charge >= 0.3 is 0 Å². The fourth-order valence-corrected chi connectivity index (χ4v) is 3.02. The van der Waals surface area contributed by atoms with E-state index in [-0.39, 0.29) is 6.61 Å². The van der Waals surface area contributed by atoms with Crippen molar-refractivity contribution in [3.63, 3.8) is 0 Å². The molecule has 0 bridgehead atoms. The lowest BCUT2D eigenvalue weighted by Crippen LogP contribution is -1.91. The van der Waals surface area contributed by atoms with E-state index in [1.54, 1.807) is 11.3 Å². The number of H-pyrrole nitrogens is 1. The monoisotopic (exact) mass is 258 g/mol. The van der Waals surface area contributed by atoms with E-state index >= 15 is 0 Å². The van der Waals surface area contributed by atoms with Gasteiger partial charge in [-0.05, 0) is 12.5 Å². The molecule has 0 saturated heterocycles. The number of hydrogen-bond acceptors (Lipinski definition) is 3. The van der Waals surface area contributed by atoms with Crippen LogP contribution in [0.3, 0.4) is 0 Å². The van der Waals surface area contributed by atoms with E-state index in [0.717, 1.165) is 24.4 Å². The summed E-state index contributed by atoms with van der Waals surface area (Å²) in [5.74, 6) is 0.939. The average molecular weight is 258 g/mol. The minimum Gasteiger partial charge on any atom is -0.396 e. The van der Waals surface area contributed by atoms with Crippen molar-refractivity contribution >= 4 is 21.4 Å². The normalized spacial score (nSPS) is 11.2. The summed E-state index contributed by atoms with van der Waals surface area (Å²) in [6, 6.07) is 8.38. The third kappa shape index (κ3) is 2.05. The van der Waals surface area contributed by atoms with E-state index in [4.69, 9.17) is 5.11 Å². The van der Waals surface area contributed by atoms with E-state index in [0.29, 0.717) is 0 Å². The largest absolute Gasteiger partial charge is 0.396 e. The summed E-state index contributed by atoms with van der Waals surface area (Å²) in [7, 11) is 0. The van der Waals surface area contributed by atoms with Gasteiger partial charge in [-0.2, -0.15) is 0 Å². The first-order chi connectivity index (χ1) is 8.88. The van der Waals surface area contributed by atoms with Crippen molar-refractivity contribution in [1.82, 2.24) is 9.97 Å². The Morgan fingerprint density at radius 1 is 1.28 bits per heavy atom. The highest BCUT2D eigenvalue weighted by Crippen LogP contribution is 2.32. The van der Waals surface area contributed by atoms with Gasteiger partial charge in [-0.15, -0.1) is 11.3 Å². The van der Waals surface area contributed by atoms with E-state index in [1.807, 2.05) is 6.20 Å². The number of hydrogen-bond donors (Lipinski definition) is 2. The van der Waals surface area contributed by atoms with Crippen molar-refractivity contribution in [3.8, 4) is 11.3 Å². The Balaban J connectivity index is 1.96. The van der Waals surface area contributed by atoms with Crippen molar-refractivity contribution in [3.05, 3.63) is 41.7 Å². The molecule has 0 amide bonds. The van der Waals surface area contributed by atoms with E-state index in [2.05, 4.69) is 39.6 Å². The van der Waals surface area contributed by atoms with Crippen molar-refractivity contribution in [2.75, 3.05) is 6.61 Å². The maximum Gasteiger partial charge on any atom is 0.106 e. The lowest BCUT2D eigenvalue weighted by atomic mass is 10.1. The van der Waals surface area contributed by atoms with Gasteiger partial charge in [-0.3, -0.25) is 0 Å². The van der Waals surface area contributed by atoms with Gasteiger partial charge in [0.05, 0.1) is 11.9 Å². The highest BCUT2D eigenvalue weighted by molar-refractivity contribution is 7.17. The average Bonchev–Trinajstić information content (AvgIpc) is 3.02. The number of rotatable bonds is 4. The lowest BCUT2D eigenvalue weighted by molar-refractivity contribution is 0.287. The smallest absolute Gasteiger partial charge is 0.106 e. The van der Waals surface area contributed by atoms with Crippen LogP contribution in [-0.4, -0.2) is 21.7 Å². The van der Waals surface area contributed by atoms with E-state index < -0.39 is 0 Å². The fraction of sp³-hybridized carbons (Fsp3) is 0.214. The van der Waals surface area contributed by atoms with Crippen molar-refractivity contribution in [1.29, 1.82) is 0 Å². The second-order valence-corrected chi connectivity index (χ2v) is 5.13. The Hall–Kier alpha value is -1.65. The van der Waals surface area contributed by atoms with Crippen LogP contribution in [0.2, 0.25) is 0 Å². The number of thiophene rings is 1. The summed E-state index contributed by atoms with van der Waals surface area (Å²) in [5, 5.41) is 12.2. The van der Waals surface area contributed by atoms with Crippen molar-refractivity contribution < 1.29 is 5.11 Å². The molecular formula is C14H14N2OS. The Kier molecular flexibility index (Phi) is 3.13. The highest BCUT2D eigenvalue weighted by atomic mass is 32.1. The van der Waals surface area contributed by atoms with Crippen LogP contribution in [0.25, 0.3) is 21.3 Å².